The number of carbonyl (C=O) groups is 3. The number of ether oxygens (including phenoxy) is 1. The third-order valence-electron chi connectivity index (χ3n) is 4.69. The minimum absolute atomic E-state index is 0.00297. The Morgan fingerprint density at radius 1 is 1.13 bits per heavy atom. The predicted molar refractivity (Wildman–Crippen MR) is 110 cm³/mol. The highest BCUT2D eigenvalue weighted by Crippen LogP contribution is 2.33. The number of hydrogen-bond donors (Lipinski definition) is 2. The molecule has 1 aliphatic heterocycles. The van der Waals surface area contributed by atoms with Gasteiger partial charge in [0, 0.05) is 36.9 Å². The minimum atomic E-state index is -0.976. The van der Waals surface area contributed by atoms with E-state index in [1.807, 2.05) is 0 Å². The highest BCUT2D eigenvalue weighted by molar-refractivity contribution is 6.43. The molecule has 2 N–H and O–H groups in total. The third-order valence-corrected chi connectivity index (χ3v) is 4.69. The molecule has 10 nitrogen and oxygen atoms in total. The fourth-order valence-electron chi connectivity index (χ4n) is 3.11. The lowest BCUT2D eigenvalue weighted by Gasteiger charge is -2.19. The molecule has 0 saturated carbocycles. The van der Waals surface area contributed by atoms with Gasteiger partial charge in [-0.3, -0.25) is 24.5 Å². The number of carbonyl (C=O) groups excluding carboxylic acids is 3. The van der Waals surface area contributed by atoms with E-state index in [2.05, 4.69) is 10.6 Å². The fourth-order valence-corrected chi connectivity index (χ4v) is 3.11. The first-order chi connectivity index (χ1) is 14.3. The largest absolute Gasteiger partial charge is 0.494 e. The van der Waals surface area contributed by atoms with Crippen LogP contribution in [-0.2, 0) is 14.4 Å². The number of nitro groups is 1. The van der Waals surface area contributed by atoms with Gasteiger partial charge in [-0.1, -0.05) is 6.07 Å². The lowest BCUT2D eigenvalue weighted by Crippen LogP contribution is -2.29. The molecule has 10 heteroatoms. The maximum Gasteiger partial charge on any atom is 0.314 e. The van der Waals surface area contributed by atoms with Crippen molar-refractivity contribution in [3.63, 3.8) is 0 Å². The van der Waals surface area contributed by atoms with Gasteiger partial charge in [0.25, 0.3) is 5.69 Å². The lowest BCUT2D eigenvalue weighted by atomic mass is 10.2. The van der Waals surface area contributed by atoms with Crippen molar-refractivity contribution in [1.82, 2.24) is 0 Å². The van der Waals surface area contributed by atoms with Gasteiger partial charge in [0.2, 0.25) is 5.91 Å². The quantitative estimate of drug-likeness (QED) is 0.441. The van der Waals surface area contributed by atoms with Gasteiger partial charge in [0.1, 0.15) is 5.75 Å². The molecule has 0 radical (unpaired) electrons. The van der Waals surface area contributed by atoms with Crippen molar-refractivity contribution in [1.29, 1.82) is 0 Å². The molecule has 0 aliphatic carbocycles. The maximum atomic E-state index is 12.3. The molecule has 3 amide bonds. The summed E-state index contributed by atoms with van der Waals surface area (Å²) in [5, 5.41) is 15.7. The third kappa shape index (κ3) is 4.37. The first-order valence-electron chi connectivity index (χ1n) is 9.16. The summed E-state index contributed by atoms with van der Waals surface area (Å²) in [5.41, 5.74) is 1.44. The number of benzene rings is 2. The number of anilines is 3. The van der Waals surface area contributed by atoms with E-state index in [-0.39, 0.29) is 17.3 Å². The average molecular weight is 412 g/mol. The van der Waals surface area contributed by atoms with Gasteiger partial charge in [-0.05, 0) is 31.0 Å². The standard InChI is InChI=1S/C20H20N4O6/c1-12-5-7-14(24(28)29)11-15(12)22-20(27)19(26)21-13-6-8-16(17(10-13)30-2)23-9-3-4-18(23)25/h5-8,10-11H,3-4,9H2,1-2H3,(H,21,26)(H,22,27). The van der Waals surface area contributed by atoms with E-state index < -0.39 is 16.7 Å². The Bertz CT molecular complexity index is 1040. The molecule has 0 atom stereocenters. The molecule has 0 aromatic heterocycles. The highest BCUT2D eigenvalue weighted by Gasteiger charge is 2.25. The summed E-state index contributed by atoms with van der Waals surface area (Å²) in [6, 6.07) is 8.70. The minimum Gasteiger partial charge on any atom is -0.494 e. The van der Waals surface area contributed by atoms with Crippen LogP contribution in [0.1, 0.15) is 18.4 Å². The van der Waals surface area contributed by atoms with E-state index in [0.29, 0.717) is 35.7 Å². The van der Waals surface area contributed by atoms with Gasteiger partial charge in [-0.15, -0.1) is 0 Å². The second-order valence-electron chi connectivity index (χ2n) is 6.70. The highest BCUT2D eigenvalue weighted by atomic mass is 16.6. The Balaban J connectivity index is 1.72. The van der Waals surface area contributed by atoms with Crippen LogP contribution in [0.25, 0.3) is 0 Å². The fraction of sp³-hybridized carbons (Fsp3) is 0.250. The summed E-state index contributed by atoms with van der Waals surface area (Å²) >= 11 is 0. The number of nitrogens with zero attached hydrogens (tertiary/aromatic N) is 2. The van der Waals surface area contributed by atoms with Gasteiger partial charge >= 0.3 is 11.8 Å². The van der Waals surface area contributed by atoms with Crippen molar-refractivity contribution in [2.75, 3.05) is 29.2 Å². The zero-order valence-electron chi connectivity index (χ0n) is 16.4. The second kappa shape index (κ2) is 8.60. The van der Waals surface area contributed by atoms with Crippen LogP contribution in [0.3, 0.4) is 0 Å². The number of nitrogens with one attached hydrogen (secondary N) is 2. The van der Waals surface area contributed by atoms with Crippen LogP contribution in [0.5, 0.6) is 5.75 Å². The molecular formula is C20H20N4O6. The van der Waals surface area contributed by atoms with Crippen molar-refractivity contribution < 1.29 is 24.0 Å². The van der Waals surface area contributed by atoms with E-state index in [0.717, 1.165) is 6.42 Å². The number of hydrogen-bond acceptors (Lipinski definition) is 6. The van der Waals surface area contributed by atoms with Gasteiger partial charge < -0.3 is 20.3 Å². The number of nitro benzene ring substituents is 1. The van der Waals surface area contributed by atoms with Gasteiger partial charge in [0.15, 0.2) is 0 Å². The van der Waals surface area contributed by atoms with E-state index in [1.165, 1.54) is 31.4 Å². The monoisotopic (exact) mass is 412 g/mol. The van der Waals surface area contributed by atoms with Crippen LogP contribution < -0.4 is 20.3 Å². The number of amides is 3. The van der Waals surface area contributed by atoms with Gasteiger partial charge in [-0.2, -0.15) is 0 Å². The SMILES string of the molecule is COc1cc(NC(=O)C(=O)Nc2cc([N+](=O)[O-])ccc2C)ccc1N1CCCC1=O. The van der Waals surface area contributed by atoms with Crippen LogP contribution in [0.15, 0.2) is 36.4 Å². The summed E-state index contributed by atoms with van der Waals surface area (Å²) < 4.78 is 5.33. The summed E-state index contributed by atoms with van der Waals surface area (Å²) in [6.45, 7) is 2.24. The number of aryl methyl sites for hydroxylation is 1. The second-order valence-corrected chi connectivity index (χ2v) is 6.70. The first kappa shape index (κ1) is 20.8. The maximum absolute atomic E-state index is 12.3. The van der Waals surface area contributed by atoms with Gasteiger partial charge in [0.05, 0.1) is 23.4 Å². The lowest BCUT2D eigenvalue weighted by molar-refractivity contribution is -0.384. The number of non-ortho nitro benzene ring substituents is 1. The van der Waals surface area contributed by atoms with Crippen LogP contribution >= 0.6 is 0 Å². The Morgan fingerprint density at radius 3 is 2.50 bits per heavy atom. The van der Waals surface area contributed by atoms with Gasteiger partial charge in [-0.25, -0.2) is 0 Å². The molecule has 2 aromatic rings. The summed E-state index contributed by atoms with van der Waals surface area (Å²) in [4.78, 5) is 48.4. The van der Waals surface area contributed by atoms with Crippen molar-refractivity contribution in [2.45, 2.75) is 19.8 Å². The Kier molecular flexibility index (Phi) is 5.95. The molecule has 156 valence electrons. The molecule has 0 spiro atoms. The molecule has 2 aromatic carbocycles. The van der Waals surface area contributed by atoms with Crippen LogP contribution in [0.2, 0.25) is 0 Å². The van der Waals surface area contributed by atoms with Crippen molar-refractivity contribution in [2.24, 2.45) is 0 Å². The number of rotatable bonds is 5. The van der Waals surface area contributed by atoms with Crippen molar-refractivity contribution in [3.05, 3.63) is 52.1 Å². The molecule has 1 heterocycles. The van der Waals surface area contributed by atoms with Crippen LogP contribution in [-0.4, -0.2) is 36.3 Å². The zero-order chi connectivity index (χ0) is 21.8. The Morgan fingerprint density at radius 2 is 1.87 bits per heavy atom. The predicted octanol–water partition coefficient (Wildman–Crippen LogP) is 2.62. The summed E-state index contributed by atoms with van der Waals surface area (Å²) in [6.07, 6.45) is 1.23. The molecule has 0 unspecified atom stereocenters. The molecule has 1 saturated heterocycles. The number of methoxy groups -OCH3 is 1. The van der Waals surface area contributed by atoms with Crippen LogP contribution in [0.4, 0.5) is 22.7 Å². The normalized spacial score (nSPS) is 13.1. The molecule has 0 bridgehead atoms. The average Bonchev–Trinajstić information content (AvgIpc) is 3.14. The smallest absolute Gasteiger partial charge is 0.314 e. The van der Waals surface area contributed by atoms with Crippen molar-refractivity contribution in [3.8, 4) is 5.75 Å². The van der Waals surface area contributed by atoms with Crippen LogP contribution in [0, 0.1) is 17.0 Å². The Hall–Kier alpha value is -3.95. The summed E-state index contributed by atoms with van der Waals surface area (Å²) in [7, 11) is 1.45. The molecule has 30 heavy (non-hydrogen) atoms. The van der Waals surface area contributed by atoms with Crippen molar-refractivity contribution >= 4 is 40.5 Å². The van der Waals surface area contributed by atoms with E-state index in [4.69, 9.17) is 4.74 Å². The first-order valence-corrected chi connectivity index (χ1v) is 9.16. The zero-order valence-corrected chi connectivity index (χ0v) is 16.4. The topological polar surface area (TPSA) is 131 Å². The van der Waals surface area contributed by atoms with E-state index in [9.17, 15) is 24.5 Å². The van der Waals surface area contributed by atoms with E-state index >= 15 is 0 Å². The molecule has 1 aliphatic rings. The molecular weight excluding hydrogens is 392 g/mol. The molecule has 3 rings (SSSR count). The van der Waals surface area contributed by atoms with E-state index in [1.54, 1.807) is 24.0 Å². The Labute approximate surface area is 172 Å². The molecule has 1 fully saturated rings. The summed E-state index contributed by atoms with van der Waals surface area (Å²) in [5.74, 6) is -1.54.